The number of aryl methyl sites for hydroxylation is 1. The first kappa shape index (κ1) is 10.5. The van der Waals surface area contributed by atoms with Crippen LogP contribution in [0.2, 0.25) is 0 Å². The van der Waals surface area contributed by atoms with Gasteiger partial charge in [0.15, 0.2) is 0 Å². The lowest BCUT2D eigenvalue weighted by Gasteiger charge is -2.07. The van der Waals surface area contributed by atoms with Crippen LogP contribution in [0.5, 0.6) is 5.88 Å². The molecular weight excluding hydrogens is 200 g/mol. The minimum absolute atomic E-state index is 0.595. The van der Waals surface area contributed by atoms with Crippen LogP contribution < -0.4 is 10.5 Å². The van der Waals surface area contributed by atoms with Crippen molar-refractivity contribution >= 4 is 5.69 Å². The molecule has 0 atom stereocenters. The predicted molar refractivity (Wildman–Crippen MR) is 65.4 cm³/mol. The summed E-state index contributed by atoms with van der Waals surface area (Å²) in [6.45, 7) is 2.02. The first-order chi connectivity index (χ1) is 7.70. The quantitative estimate of drug-likeness (QED) is 0.782. The molecule has 1 heterocycles. The summed E-state index contributed by atoms with van der Waals surface area (Å²) in [5, 5.41) is 0. The van der Waals surface area contributed by atoms with E-state index in [2.05, 4.69) is 4.98 Å². The van der Waals surface area contributed by atoms with Gasteiger partial charge in [-0.05, 0) is 30.2 Å². The summed E-state index contributed by atoms with van der Waals surface area (Å²) >= 11 is 0. The summed E-state index contributed by atoms with van der Waals surface area (Å²) < 4.78 is 5.09. The van der Waals surface area contributed by atoms with Crippen molar-refractivity contribution in [3.63, 3.8) is 0 Å². The molecule has 0 aliphatic carbocycles. The molecule has 1 aromatic heterocycles. The molecule has 0 saturated carbocycles. The van der Waals surface area contributed by atoms with Gasteiger partial charge in [-0.25, -0.2) is 4.98 Å². The predicted octanol–water partition coefficient (Wildman–Crippen LogP) is 2.65. The molecule has 0 unspecified atom stereocenters. The van der Waals surface area contributed by atoms with Gasteiger partial charge in [-0.2, -0.15) is 0 Å². The van der Waals surface area contributed by atoms with Crippen LogP contribution >= 0.6 is 0 Å². The Labute approximate surface area is 94.9 Å². The molecule has 0 bridgehead atoms. The number of ether oxygens (including phenoxy) is 1. The van der Waals surface area contributed by atoms with E-state index in [0.29, 0.717) is 5.88 Å². The van der Waals surface area contributed by atoms with E-state index in [1.165, 1.54) is 0 Å². The molecule has 3 heteroatoms. The van der Waals surface area contributed by atoms with E-state index in [9.17, 15) is 0 Å². The number of methoxy groups -OCH3 is 1. The summed E-state index contributed by atoms with van der Waals surface area (Å²) in [6.07, 6.45) is 1.72. The van der Waals surface area contributed by atoms with Gasteiger partial charge in [-0.15, -0.1) is 0 Å². The lowest BCUT2D eigenvalue weighted by Crippen LogP contribution is -1.92. The molecule has 2 rings (SSSR count). The van der Waals surface area contributed by atoms with Crippen molar-refractivity contribution in [1.82, 2.24) is 4.98 Å². The number of nitrogens with zero attached hydrogens (tertiary/aromatic N) is 1. The number of rotatable bonds is 2. The molecule has 0 radical (unpaired) electrons. The molecule has 2 N–H and O–H groups in total. The Kier molecular flexibility index (Phi) is 2.77. The van der Waals surface area contributed by atoms with Crippen LogP contribution in [0.1, 0.15) is 5.56 Å². The fourth-order valence-corrected chi connectivity index (χ4v) is 1.63. The molecule has 0 spiro atoms. The van der Waals surface area contributed by atoms with Crippen LogP contribution in [-0.2, 0) is 0 Å². The monoisotopic (exact) mass is 214 g/mol. The number of anilines is 1. The Balaban J connectivity index is 2.49. The number of hydrogen-bond acceptors (Lipinski definition) is 3. The summed E-state index contributed by atoms with van der Waals surface area (Å²) in [4.78, 5) is 4.07. The molecule has 0 amide bonds. The van der Waals surface area contributed by atoms with E-state index in [-0.39, 0.29) is 0 Å². The second-order valence-corrected chi connectivity index (χ2v) is 3.68. The molecule has 1 aromatic carbocycles. The van der Waals surface area contributed by atoms with Crippen LogP contribution in [-0.4, -0.2) is 12.1 Å². The number of nitrogen functional groups attached to an aromatic ring is 1. The zero-order chi connectivity index (χ0) is 11.5. The highest BCUT2D eigenvalue weighted by atomic mass is 16.5. The summed E-state index contributed by atoms with van der Waals surface area (Å²) in [6, 6.07) is 9.81. The Morgan fingerprint density at radius 2 is 2.00 bits per heavy atom. The van der Waals surface area contributed by atoms with Crippen molar-refractivity contribution in [2.45, 2.75) is 6.92 Å². The van der Waals surface area contributed by atoms with Crippen molar-refractivity contribution in [1.29, 1.82) is 0 Å². The second-order valence-electron chi connectivity index (χ2n) is 3.68. The minimum atomic E-state index is 0.595. The highest BCUT2D eigenvalue weighted by molar-refractivity contribution is 5.77. The zero-order valence-corrected chi connectivity index (χ0v) is 9.40. The number of benzene rings is 1. The van der Waals surface area contributed by atoms with E-state index in [1.807, 2.05) is 37.3 Å². The number of nitrogens with two attached hydrogens (primary N) is 1. The average molecular weight is 214 g/mol. The largest absolute Gasteiger partial charge is 0.481 e. The topological polar surface area (TPSA) is 48.1 Å². The van der Waals surface area contributed by atoms with Gasteiger partial charge in [0.05, 0.1) is 7.11 Å². The fourth-order valence-electron chi connectivity index (χ4n) is 1.63. The lowest BCUT2D eigenvalue weighted by molar-refractivity contribution is 0.398. The average Bonchev–Trinajstić information content (AvgIpc) is 2.29. The van der Waals surface area contributed by atoms with Gasteiger partial charge in [0.2, 0.25) is 5.88 Å². The molecule has 0 aliphatic heterocycles. The Bertz CT molecular complexity index is 509. The Morgan fingerprint density at radius 3 is 2.69 bits per heavy atom. The normalized spacial score (nSPS) is 10.1. The minimum Gasteiger partial charge on any atom is -0.481 e. The summed E-state index contributed by atoms with van der Waals surface area (Å²) in [5.41, 5.74) is 9.93. The van der Waals surface area contributed by atoms with Crippen LogP contribution in [0.15, 0.2) is 36.5 Å². The van der Waals surface area contributed by atoms with Gasteiger partial charge in [0.1, 0.15) is 0 Å². The first-order valence-corrected chi connectivity index (χ1v) is 5.07. The van der Waals surface area contributed by atoms with Crippen molar-refractivity contribution < 1.29 is 4.74 Å². The van der Waals surface area contributed by atoms with Gasteiger partial charge in [-0.1, -0.05) is 12.1 Å². The van der Waals surface area contributed by atoms with Gasteiger partial charge < -0.3 is 10.5 Å². The number of aromatic nitrogens is 1. The number of hydrogen-bond donors (Lipinski definition) is 1. The van der Waals surface area contributed by atoms with Gasteiger partial charge in [0.25, 0.3) is 0 Å². The van der Waals surface area contributed by atoms with Crippen molar-refractivity contribution in [3.8, 4) is 17.0 Å². The smallest absolute Gasteiger partial charge is 0.213 e. The van der Waals surface area contributed by atoms with Crippen LogP contribution in [0, 0.1) is 6.92 Å². The van der Waals surface area contributed by atoms with Gasteiger partial charge in [0, 0.05) is 23.5 Å². The zero-order valence-electron chi connectivity index (χ0n) is 9.40. The first-order valence-electron chi connectivity index (χ1n) is 5.07. The van der Waals surface area contributed by atoms with Gasteiger partial charge in [-0.3, -0.25) is 0 Å². The molecule has 0 saturated heterocycles. The van der Waals surface area contributed by atoms with Crippen LogP contribution in [0.3, 0.4) is 0 Å². The number of pyridine rings is 1. The SMILES string of the molecule is COc1cc(-c2ccc(C)cc2N)ccn1. The van der Waals surface area contributed by atoms with E-state index >= 15 is 0 Å². The third-order valence-electron chi connectivity index (χ3n) is 2.46. The van der Waals surface area contributed by atoms with Crippen molar-refractivity contribution in [3.05, 3.63) is 42.1 Å². The van der Waals surface area contributed by atoms with Crippen molar-refractivity contribution in [2.24, 2.45) is 0 Å². The van der Waals surface area contributed by atoms with E-state index in [0.717, 1.165) is 22.4 Å². The molecule has 0 fully saturated rings. The Hall–Kier alpha value is -2.03. The molecule has 16 heavy (non-hydrogen) atoms. The van der Waals surface area contributed by atoms with E-state index < -0.39 is 0 Å². The summed E-state index contributed by atoms with van der Waals surface area (Å²) in [5.74, 6) is 0.595. The van der Waals surface area contributed by atoms with Crippen LogP contribution in [0.4, 0.5) is 5.69 Å². The molecular formula is C13H14N2O. The van der Waals surface area contributed by atoms with Crippen LogP contribution in [0.25, 0.3) is 11.1 Å². The van der Waals surface area contributed by atoms with E-state index in [4.69, 9.17) is 10.5 Å². The molecule has 3 nitrogen and oxygen atoms in total. The Morgan fingerprint density at radius 1 is 1.19 bits per heavy atom. The highest BCUT2D eigenvalue weighted by Crippen LogP contribution is 2.28. The van der Waals surface area contributed by atoms with Gasteiger partial charge >= 0.3 is 0 Å². The third-order valence-corrected chi connectivity index (χ3v) is 2.46. The molecule has 82 valence electrons. The maximum atomic E-state index is 5.98. The fraction of sp³-hybridized carbons (Fsp3) is 0.154. The van der Waals surface area contributed by atoms with E-state index in [1.54, 1.807) is 13.3 Å². The highest BCUT2D eigenvalue weighted by Gasteiger charge is 2.04. The third kappa shape index (κ3) is 1.98. The standard InChI is InChI=1S/C13H14N2O/c1-9-3-4-11(12(14)7-9)10-5-6-15-13(8-10)16-2/h3-8H,14H2,1-2H3. The summed E-state index contributed by atoms with van der Waals surface area (Å²) in [7, 11) is 1.60. The molecule has 0 aliphatic rings. The van der Waals surface area contributed by atoms with Crippen molar-refractivity contribution in [2.75, 3.05) is 12.8 Å². The molecule has 2 aromatic rings. The second kappa shape index (κ2) is 4.23. The maximum absolute atomic E-state index is 5.98. The lowest BCUT2D eigenvalue weighted by atomic mass is 10.0. The maximum Gasteiger partial charge on any atom is 0.213 e.